The van der Waals surface area contributed by atoms with Crippen molar-refractivity contribution in [2.24, 2.45) is 5.73 Å². The Labute approximate surface area is 80.0 Å². The van der Waals surface area contributed by atoms with Crippen LogP contribution in [0.15, 0.2) is 24.3 Å². The molecular formula is C12H17N. The van der Waals surface area contributed by atoms with Gasteiger partial charge in [-0.1, -0.05) is 36.8 Å². The smallest absolute Gasteiger partial charge is 0.0146 e. The third kappa shape index (κ3) is 1.28. The van der Waals surface area contributed by atoms with Gasteiger partial charge in [0.1, 0.15) is 0 Å². The molecular weight excluding hydrogens is 158 g/mol. The highest BCUT2D eigenvalue weighted by atomic mass is 14.8. The van der Waals surface area contributed by atoms with E-state index >= 15 is 0 Å². The van der Waals surface area contributed by atoms with Gasteiger partial charge in [-0.15, -0.1) is 0 Å². The zero-order valence-corrected chi connectivity index (χ0v) is 8.38. The molecule has 2 rings (SSSR count). The van der Waals surface area contributed by atoms with Crippen LogP contribution in [-0.2, 0) is 5.41 Å². The van der Waals surface area contributed by atoms with Gasteiger partial charge >= 0.3 is 0 Å². The van der Waals surface area contributed by atoms with Crippen molar-refractivity contribution in [3.8, 4) is 0 Å². The summed E-state index contributed by atoms with van der Waals surface area (Å²) >= 11 is 0. The molecule has 2 unspecified atom stereocenters. The highest BCUT2D eigenvalue weighted by Gasteiger charge is 2.51. The van der Waals surface area contributed by atoms with Crippen LogP contribution in [0.3, 0.4) is 0 Å². The van der Waals surface area contributed by atoms with Crippen LogP contribution in [0.4, 0.5) is 0 Å². The zero-order valence-electron chi connectivity index (χ0n) is 8.38. The molecule has 0 heterocycles. The standard InChI is InChI=1S/C12H17N/c1-3-12(8-11(12)13)10-6-4-9(2)5-7-10/h4-7,11H,3,8,13H2,1-2H3. The van der Waals surface area contributed by atoms with Crippen molar-refractivity contribution in [3.05, 3.63) is 35.4 Å². The van der Waals surface area contributed by atoms with Crippen LogP contribution in [-0.4, -0.2) is 6.04 Å². The first-order valence-electron chi connectivity index (χ1n) is 5.02. The summed E-state index contributed by atoms with van der Waals surface area (Å²) in [5.74, 6) is 0. The van der Waals surface area contributed by atoms with Gasteiger partial charge < -0.3 is 5.73 Å². The lowest BCUT2D eigenvalue weighted by Crippen LogP contribution is -2.17. The van der Waals surface area contributed by atoms with E-state index in [4.69, 9.17) is 5.73 Å². The second-order valence-corrected chi connectivity index (χ2v) is 4.19. The lowest BCUT2D eigenvalue weighted by molar-refractivity contribution is 0.634. The molecule has 0 amide bonds. The first-order valence-corrected chi connectivity index (χ1v) is 5.02. The lowest BCUT2D eigenvalue weighted by atomic mass is 9.92. The Bertz CT molecular complexity index is 297. The van der Waals surface area contributed by atoms with Gasteiger partial charge in [-0.3, -0.25) is 0 Å². The number of hydrogen-bond acceptors (Lipinski definition) is 1. The molecule has 0 bridgehead atoms. The molecule has 1 saturated carbocycles. The summed E-state index contributed by atoms with van der Waals surface area (Å²) in [5, 5.41) is 0. The fraction of sp³-hybridized carbons (Fsp3) is 0.500. The van der Waals surface area contributed by atoms with E-state index in [-0.39, 0.29) is 0 Å². The molecule has 1 aromatic carbocycles. The van der Waals surface area contributed by atoms with Crippen molar-refractivity contribution in [2.75, 3.05) is 0 Å². The van der Waals surface area contributed by atoms with Crippen LogP contribution >= 0.6 is 0 Å². The Morgan fingerprint density at radius 1 is 1.38 bits per heavy atom. The van der Waals surface area contributed by atoms with Crippen molar-refractivity contribution in [1.29, 1.82) is 0 Å². The van der Waals surface area contributed by atoms with Crippen LogP contribution in [0.25, 0.3) is 0 Å². The molecule has 1 nitrogen and oxygen atoms in total. The van der Waals surface area contributed by atoms with Gasteiger partial charge in [0.05, 0.1) is 0 Å². The van der Waals surface area contributed by atoms with Crippen LogP contribution in [0, 0.1) is 6.92 Å². The summed E-state index contributed by atoms with van der Waals surface area (Å²) < 4.78 is 0. The van der Waals surface area contributed by atoms with E-state index in [0.717, 1.165) is 12.8 Å². The van der Waals surface area contributed by atoms with E-state index in [1.165, 1.54) is 11.1 Å². The number of aryl methyl sites for hydroxylation is 1. The Balaban J connectivity index is 2.31. The van der Waals surface area contributed by atoms with Crippen LogP contribution in [0.5, 0.6) is 0 Å². The maximum Gasteiger partial charge on any atom is 0.0146 e. The summed E-state index contributed by atoms with van der Waals surface area (Å²) in [6.45, 7) is 4.35. The molecule has 1 aliphatic rings. The topological polar surface area (TPSA) is 26.0 Å². The number of nitrogens with two attached hydrogens (primary N) is 1. The third-order valence-electron chi connectivity index (χ3n) is 3.39. The maximum absolute atomic E-state index is 5.98. The van der Waals surface area contributed by atoms with E-state index in [1.54, 1.807) is 0 Å². The predicted molar refractivity (Wildman–Crippen MR) is 55.7 cm³/mol. The Hall–Kier alpha value is -0.820. The van der Waals surface area contributed by atoms with Crippen molar-refractivity contribution < 1.29 is 0 Å². The normalized spacial score (nSPS) is 31.8. The SMILES string of the molecule is CCC1(c2ccc(C)cc2)CC1N. The van der Waals surface area contributed by atoms with Gasteiger partial charge in [-0.2, -0.15) is 0 Å². The molecule has 0 saturated heterocycles. The van der Waals surface area contributed by atoms with Gasteiger partial charge in [0, 0.05) is 11.5 Å². The minimum Gasteiger partial charge on any atom is -0.327 e. The van der Waals surface area contributed by atoms with Gasteiger partial charge in [0.25, 0.3) is 0 Å². The highest BCUT2D eigenvalue weighted by molar-refractivity contribution is 5.37. The molecule has 1 aromatic rings. The van der Waals surface area contributed by atoms with Crippen LogP contribution in [0.1, 0.15) is 30.9 Å². The minimum atomic E-state index is 0.313. The third-order valence-corrected chi connectivity index (χ3v) is 3.39. The highest BCUT2D eigenvalue weighted by Crippen LogP contribution is 2.49. The number of rotatable bonds is 2. The Morgan fingerprint density at radius 3 is 2.31 bits per heavy atom. The van der Waals surface area contributed by atoms with E-state index in [2.05, 4.69) is 38.1 Å². The van der Waals surface area contributed by atoms with Crippen LogP contribution in [0.2, 0.25) is 0 Å². The lowest BCUT2D eigenvalue weighted by Gasteiger charge is -2.14. The Kier molecular flexibility index (Phi) is 1.92. The van der Waals surface area contributed by atoms with Gasteiger partial charge in [0.2, 0.25) is 0 Å². The van der Waals surface area contributed by atoms with Gasteiger partial charge in [-0.05, 0) is 25.3 Å². The second kappa shape index (κ2) is 2.85. The zero-order chi connectivity index (χ0) is 9.47. The summed E-state index contributed by atoms with van der Waals surface area (Å²) in [7, 11) is 0. The van der Waals surface area contributed by atoms with Crippen LogP contribution < -0.4 is 5.73 Å². The van der Waals surface area contributed by atoms with E-state index < -0.39 is 0 Å². The van der Waals surface area contributed by atoms with Gasteiger partial charge in [0.15, 0.2) is 0 Å². The van der Waals surface area contributed by atoms with Crippen molar-refractivity contribution >= 4 is 0 Å². The minimum absolute atomic E-state index is 0.313. The van der Waals surface area contributed by atoms with E-state index in [9.17, 15) is 0 Å². The molecule has 1 heteroatoms. The van der Waals surface area contributed by atoms with Crippen molar-refractivity contribution in [1.82, 2.24) is 0 Å². The molecule has 70 valence electrons. The molecule has 0 aliphatic heterocycles. The largest absolute Gasteiger partial charge is 0.327 e. The predicted octanol–water partition coefficient (Wildman–Crippen LogP) is 2.37. The second-order valence-electron chi connectivity index (χ2n) is 4.19. The fourth-order valence-electron chi connectivity index (χ4n) is 2.16. The summed E-state index contributed by atoms with van der Waals surface area (Å²) in [6, 6.07) is 9.20. The fourth-order valence-corrected chi connectivity index (χ4v) is 2.16. The maximum atomic E-state index is 5.98. The number of benzene rings is 1. The monoisotopic (exact) mass is 175 g/mol. The van der Waals surface area contributed by atoms with E-state index in [1.807, 2.05) is 0 Å². The van der Waals surface area contributed by atoms with E-state index in [0.29, 0.717) is 11.5 Å². The molecule has 13 heavy (non-hydrogen) atoms. The Morgan fingerprint density at radius 2 is 1.92 bits per heavy atom. The molecule has 0 radical (unpaired) electrons. The quantitative estimate of drug-likeness (QED) is 0.733. The first kappa shape index (κ1) is 8.76. The van der Waals surface area contributed by atoms with Crippen molar-refractivity contribution in [3.63, 3.8) is 0 Å². The molecule has 2 atom stereocenters. The summed E-state index contributed by atoms with van der Waals surface area (Å²) in [4.78, 5) is 0. The average Bonchev–Trinajstić information content (AvgIpc) is 2.79. The van der Waals surface area contributed by atoms with Crippen molar-refractivity contribution in [2.45, 2.75) is 38.1 Å². The molecule has 1 aliphatic carbocycles. The molecule has 0 spiro atoms. The van der Waals surface area contributed by atoms with Gasteiger partial charge in [-0.25, -0.2) is 0 Å². The average molecular weight is 175 g/mol. The summed E-state index contributed by atoms with van der Waals surface area (Å²) in [5.41, 5.74) is 9.04. The molecule has 1 fully saturated rings. The number of hydrogen-bond donors (Lipinski definition) is 1. The first-order chi connectivity index (χ1) is 6.19. The summed E-state index contributed by atoms with van der Waals surface area (Å²) in [6.07, 6.45) is 2.32. The molecule has 0 aromatic heterocycles. The molecule has 2 N–H and O–H groups in total.